The molecule has 1 aliphatic heterocycles. The van der Waals surface area contributed by atoms with E-state index < -0.39 is 0 Å². The molecule has 1 saturated heterocycles. The van der Waals surface area contributed by atoms with Crippen LogP contribution in [0.4, 0.5) is 5.82 Å². The highest BCUT2D eigenvalue weighted by atomic mass is 16.5. The summed E-state index contributed by atoms with van der Waals surface area (Å²) in [5, 5.41) is 0. The minimum absolute atomic E-state index is 0.0243. The van der Waals surface area contributed by atoms with Crippen molar-refractivity contribution in [3.05, 3.63) is 42.1 Å². The lowest BCUT2D eigenvalue weighted by Crippen LogP contribution is -2.35. The van der Waals surface area contributed by atoms with Crippen molar-refractivity contribution in [2.45, 2.75) is 32.9 Å². The van der Waals surface area contributed by atoms with E-state index in [0.717, 1.165) is 18.1 Å². The third-order valence-corrected chi connectivity index (χ3v) is 4.30. The van der Waals surface area contributed by atoms with Crippen molar-refractivity contribution in [3.63, 3.8) is 0 Å². The minimum atomic E-state index is -0.287. The van der Waals surface area contributed by atoms with E-state index in [0.29, 0.717) is 18.8 Å². The van der Waals surface area contributed by atoms with Crippen LogP contribution in [-0.4, -0.2) is 34.1 Å². The Kier molecular flexibility index (Phi) is 4.43. The van der Waals surface area contributed by atoms with Crippen LogP contribution in [0, 0.1) is 12.8 Å². The monoisotopic (exact) mass is 314 g/mol. The van der Waals surface area contributed by atoms with E-state index in [9.17, 15) is 4.79 Å². The second kappa shape index (κ2) is 6.50. The molecular weight excluding hydrogens is 292 g/mol. The van der Waals surface area contributed by atoms with Gasteiger partial charge in [0.15, 0.2) is 0 Å². The molecule has 0 aromatic carbocycles. The Hall–Kier alpha value is -2.21. The third kappa shape index (κ3) is 2.99. The van der Waals surface area contributed by atoms with E-state index in [-0.39, 0.29) is 17.9 Å². The number of anilines is 1. The predicted octanol–water partition coefficient (Wildman–Crippen LogP) is 2.35. The van der Waals surface area contributed by atoms with Crippen LogP contribution in [0.15, 0.2) is 30.6 Å². The van der Waals surface area contributed by atoms with E-state index in [1.54, 1.807) is 18.1 Å². The summed E-state index contributed by atoms with van der Waals surface area (Å²) >= 11 is 0. The Morgan fingerprint density at radius 2 is 2.30 bits per heavy atom. The molecule has 2 atom stereocenters. The van der Waals surface area contributed by atoms with Crippen molar-refractivity contribution in [2.75, 3.05) is 18.6 Å². The molecule has 23 heavy (non-hydrogen) atoms. The highest BCUT2D eigenvalue weighted by Crippen LogP contribution is 2.35. The second-order valence-corrected chi connectivity index (χ2v) is 5.79. The van der Waals surface area contributed by atoms with Crippen LogP contribution in [0.1, 0.15) is 31.0 Å². The van der Waals surface area contributed by atoms with Gasteiger partial charge in [0, 0.05) is 38.3 Å². The first kappa shape index (κ1) is 15.7. The molecule has 0 unspecified atom stereocenters. The summed E-state index contributed by atoms with van der Waals surface area (Å²) in [5.74, 6) is 1.29. The molecule has 0 N–H and O–H groups in total. The topological polar surface area (TPSA) is 60.3 Å². The molecule has 0 saturated carbocycles. The number of carbonyl (C=O) groups excluding carboxylic acids is 1. The fourth-order valence-electron chi connectivity index (χ4n) is 3.02. The van der Waals surface area contributed by atoms with E-state index in [1.807, 2.05) is 35.9 Å². The summed E-state index contributed by atoms with van der Waals surface area (Å²) in [6.45, 7) is 5.36. The Morgan fingerprint density at radius 1 is 1.48 bits per heavy atom. The molecule has 2 aromatic rings. The standard InChI is InChI=1S/C17H22N4O2/c1-4-21-10-9-18-16(21)15-13(8-11-23-15)17(22)20(3)14-7-5-6-12(2)19-14/h5-7,9-10,13,15H,4,8,11H2,1-3H3/t13-,15-/m1/s1. The van der Waals surface area contributed by atoms with Gasteiger partial charge in [-0.3, -0.25) is 9.69 Å². The summed E-state index contributed by atoms with van der Waals surface area (Å²) in [7, 11) is 1.77. The number of aromatic nitrogens is 3. The summed E-state index contributed by atoms with van der Waals surface area (Å²) in [6.07, 6.45) is 4.10. The van der Waals surface area contributed by atoms with Gasteiger partial charge in [0.1, 0.15) is 17.7 Å². The summed E-state index contributed by atoms with van der Waals surface area (Å²) in [5.41, 5.74) is 0.892. The molecule has 1 amide bonds. The highest BCUT2D eigenvalue weighted by molar-refractivity contribution is 5.94. The number of carbonyl (C=O) groups is 1. The zero-order valence-corrected chi connectivity index (χ0v) is 13.8. The van der Waals surface area contributed by atoms with Crippen molar-refractivity contribution in [3.8, 4) is 0 Å². The maximum Gasteiger partial charge on any atom is 0.234 e. The minimum Gasteiger partial charge on any atom is -0.369 e. The normalized spacial score (nSPS) is 20.7. The summed E-state index contributed by atoms with van der Waals surface area (Å²) in [4.78, 5) is 23.4. The fourth-order valence-corrected chi connectivity index (χ4v) is 3.02. The Bertz CT molecular complexity index is 697. The zero-order chi connectivity index (χ0) is 16.4. The summed E-state index contributed by atoms with van der Waals surface area (Å²) in [6, 6.07) is 5.68. The van der Waals surface area contributed by atoms with Crippen LogP contribution in [0.25, 0.3) is 0 Å². The zero-order valence-electron chi connectivity index (χ0n) is 13.8. The van der Waals surface area contributed by atoms with Crippen LogP contribution < -0.4 is 4.90 Å². The first-order valence-electron chi connectivity index (χ1n) is 7.95. The molecule has 0 bridgehead atoms. The molecule has 3 rings (SSSR count). The Labute approximate surface area is 136 Å². The van der Waals surface area contributed by atoms with Crippen LogP contribution in [-0.2, 0) is 16.1 Å². The molecule has 0 aliphatic carbocycles. The number of imidazole rings is 1. The number of pyridine rings is 1. The van der Waals surface area contributed by atoms with Crippen molar-refractivity contribution >= 4 is 11.7 Å². The van der Waals surface area contributed by atoms with Gasteiger partial charge >= 0.3 is 0 Å². The quantitative estimate of drug-likeness (QED) is 0.869. The van der Waals surface area contributed by atoms with Crippen LogP contribution in [0.3, 0.4) is 0 Å². The van der Waals surface area contributed by atoms with E-state index in [4.69, 9.17) is 4.74 Å². The van der Waals surface area contributed by atoms with E-state index in [2.05, 4.69) is 16.9 Å². The third-order valence-electron chi connectivity index (χ3n) is 4.30. The molecule has 3 heterocycles. The fraction of sp³-hybridized carbons (Fsp3) is 0.471. The lowest BCUT2D eigenvalue weighted by molar-refractivity contribution is -0.124. The van der Waals surface area contributed by atoms with Gasteiger partial charge in [-0.05, 0) is 32.4 Å². The maximum absolute atomic E-state index is 12.9. The van der Waals surface area contributed by atoms with E-state index >= 15 is 0 Å². The maximum atomic E-state index is 12.9. The van der Waals surface area contributed by atoms with Gasteiger partial charge in [-0.25, -0.2) is 9.97 Å². The second-order valence-electron chi connectivity index (χ2n) is 5.79. The van der Waals surface area contributed by atoms with Gasteiger partial charge in [-0.15, -0.1) is 0 Å². The lowest BCUT2D eigenvalue weighted by Gasteiger charge is -2.24. The van der Waals surface area contributed by atoms with Crippen molar-refractivity contribution in [1.29, 1.82) is 0 Å². The molecule has 6 nitrogen and oxygen atoms in total. The van der Waals surface area contributed by atoms with Crippen LogP contribution in [0.2, 0.25) is 0 Å². The highest BCUT2D eigenvalue weighted by Gasteiger charge is 2.39. The van der Waals surface area contributed by atoms with Crippen LogP contribution >= 0.6 is 0 Å². The SMILES string of the molecule is CCn1ccnc1[C@@H]1OCC[C@H]1C(=O)N(C)c1cccc(C)n1. The number of amides is 1. The molecular formula is C17H22N4O2. The smallest absolute Gasteiger partial charge is 0.234 e. The molecule has 2 aromatic heterocycles. The van der Waals surface area contributed by atoms with E-state index in [1.165, 1.54) is 0 Å². The van der Waals surface area contributed by atoms with Gasteiger partial charge in [0.2, 0.25) is 5.91 Å². The molecule has 1 aliphatic rings. The van der Waals surface area contributed by atoms with Gasteiger partial charge in [0.05, 0.1) is 5.92 Å². The van der Waals surface area contributed by atoms with Gasteiger partial charge in [-0.1, -0.05) is 6.07 Å². The van der Waals surface area contributed by atoms with Crippen molar-refractivity contribution in [1.82, 2.24) is 14.5 Å². The average Bonchev–Trinajstić information content (AvgIpc) is 3.21. The number of aryl methyl sites for hydroxylation is 2. The number of hydrogen-bond donors (Lipinski definition) is 0. The number of ether oxygens (including phenoxy) is 1. The largest absolute Gasteiger partial charge is 0.369 e. The predicted molar refractivity (Wildman–Crippen MR) is 87.1 cm³/mol. The number of rotatable bonds is 4. The Balaban J connectivity index is 1.83. The van der Waals surface area contributed by atoms with Gasteiger partial charge in [0.25, 0.3) is 0 Å². The average molecular weight is 314 g/mol. The summed E-state index contributed by atoms with van der Waals surface area (Å²) < 4.78 is 7.86. The molecule has 0 spiro atoms. The number of hydrogen-bond acceptors (Lipinski definition) is 4. The van der Waals surface area contributed by atoms with Crippen molar-refractivity contribution in [2.24, 2.45) is 5.92 Å². The lowest BCUT2D eigenvalue weighted by atomic mass is 9.99. The molecule has 6 heteroatoms. The van der Waals surface area contributed by atoms with Crippen molar-refractivity contribution < 1.29 is 9.53 Å². The van der Waals surface area contributed by atoms with Gasteiger partial charge < -0.3 is 9.30 Å². The first-order chi connectivity index (χ1) is 11.1. The van der Waals surface area contributed by atoms with Crippen LogP contribution in [0.5, 0.6) is 0 Å². The Morgan fingerprint density at radius 3 is 3.04 bits per heavy atom. The first-order valence-corrected chi connectivity index (χ1v) is 7.95. The molecule has 122 valence electrons. The molecule has 0 radical (unpaired) electrons. The number of nitrogens with zero attached hydrogens (tertiary/aromatic N) is 4. The van der Waals surface area contributed by atoms with Gasteiger partial charge in [-0.2, -0.15) is 0 Å². The molecule has 1 fully saturated rings.